The molecule has 44 valence electrons. The van der Waals surface area contributed by atoms with Gasteiger partial charge in [0.05, 0.1) is 0 Å². The summed E-state index contributed by atoms with van der Waals surface area (Å²) in [5, 5.41) is 0. The van der Waals surface area contributed by atoms with Gasteiger partial charge in [0, 0.05) is 41.9 Å². The van der Waals surface area contributed by atoms with Gasteiger partial charge in [-0.1, -0.05) is 0 Å². The molecule has 0 bridgehead atoms. The Bertz CT molecular complexity index is 6.85. The van der Waals surface area contributed by atoms with Crippen molar-refractivity contribution < 1.29 is 41.9 Å². The van der Waals surface area contributed by atoms with E-state index in [0.29, 0.717) is 0 Å². The second-order valence-corrected chi connectivity index (χ2v) is 0. The summed E-state index contributed by atoms with van der Waals surface area (Å²) < 4.78 is 0. The predicted molar refractivity (Wildman–Crippen MR) is 21.7 cm³/mol. The maximum absolute atomic E-state index is 0. The molecule has 5 heavy (non-hydrogen) atoms. The molecule has 0 saturated carbocycles. The summed E-state index contributed by atoms with van der Waals surface area (Å²) in [4.78, 5) is 0. The molecular weight excluding hydrogens is 317 g/mol. The summed E-state index contributed by atoms with van der Waals surface area (Å²) in [6, 6.07) is 0. The molecule has 2 radical (unpaired) electrons. The van der Waals surface area contributed by atoms with Crippen LogP contribution in [0.1, 0.15) is 0 Å². The quantitative estimate of drug-likeness (QED) is 0.590. The van der Waals surface area contributed by atoms with Crippen molar-refractivity contribution in [2.24, 2.45) is 0 Å². The summed E-state index contributed by atoms with van der Waals surface area (Å²) >= 11 is 0. The van der Waals surface area contributed by atoms with Gasteiger partial charge in [0.2, 0.25) is 0 Å². The minimum Gasteiger partial charge on any atom is -0.147 e. The van der Waals surface area contributed by atoms with Crippen molar-refractivity contribution in [1.29, 1.82) is 0 Å². The van der Waals surface area contributed by atoms with E-state index in [0.717, 1.165) is 0 Å². The van der Waals surface area contributed by atoms with Gasteiger partial charge in [0.1, 0.15) is 0 Å². The van der Waals surface area contributed by atoms with E-state index in [1.807, 2.05) is 0 Å². The van der Waals surface area contributed by atoms with Crippen LogP contribution in [0, 0.1) is 0 Å². The number of halogens is 3. The van der Waals surface area contributed by atoms with Gasteiger partial charge < -0.3 is 0 Å². The van der Waals surface area contributed by atoms with Crippen LogP contribution in [0.5, 0.6) is 0 Å². The van der Waals surface area contributed by atoms with E-state index in [2.05, 4.69) is 0 Å². The molecule has 0 atom stereocenters. The van der Waals surface area contributed by atoms with Crippen LogP contribution in [0.4, 0.5) is 0 Å². The molecule has 0 aliphatic heterocycles. The second kappa shape index (κ2) is 34.2. The topological polar surface area (TPSA) is 0 Å². The molecule has 0 aromatic heterocycles. The summed E-state index contributed by atoms with van der Waals surface area (Å²) in [6.45, 7) is 0. The predicted octanol–water partition coefficient (Wildman–Crippen LogP) is 1.26. The standard InChI is InChI=1S/Ag.3ClH.Rh/h;3*1H;. The fraction of sp³-hybridized carbons (Fsp3) is 0. The largest absolute Gasteiger partial charge is 0.147 e. The first-order valence-corrected chi connectivity index (χ1v) is 0. The third-order valence-corrected chi connectivity index (χ3v) is 0. The summed E-state index contributed by atoms with van der Waals surface area (Å²) in [5.74, 6) is 0. The molecule has 0 saturated heterocycles. The van der Waals surface area contributed by atoms with Gasteiger partial charge in [-0.2, -0.15) is 0 Å². The molecule has 0 rings (SSSR count). The maximum Gasteiger partial charge on any atom is 0 e. The van der Waals surface area contributed by atoms with Crippen LogP contribution < -0.4 is 0 Å². The fourth-order valence-corrected chi connectivity index (χ4v) is 0. The van der Waals surface area contributed by atoms with Crippen LogP contribution in [-0.4, -0.2) is 0 Å². The van der Waals surface area contributed by atoms with Crippen molar-refractivity contribution in [3.8, 4) is 0 Å². The molecule has 0 amide bonds. The average Bonchev–Trinajstić information content (AvgIpc) is 0. The number of hydrogen-bond donors (Lipinski definition) is 0. The fourth-order valence-electron chi connectivity index (χ4n) is 0. The zero-order valence-electron chi connectivity index (χ0n) is 1.86. The Labute approximate surface area is 78.3 Å². The first kappa shape index (κ1) is 56.3. The van der Waals surface area contributed by atoms with E-state index in [4.69, 9.17) is 0 Å². The van der Waals surface area contributed by atoms with Gasteiger partial charge in [-0.05, 0) is 0 Å². The Kier molecular flexibility index (Phi) is 386. The average molecular weight is 320 g/mol. The normalized spacial score (nSPS) is 0. The molecule has 0 aliphatic carbocycles. The zero-order chi connectivity index (χ0) is 0. The van der Waals surface area contributed by atoms with E-state index in [1.54, 1.807) is 0 Å². The van der Waals surface area contributed by atoms with Gasteiger partial charge in [-0.3, -0.25) is 0 Å². The summed E-state index contributed by atoms with van der Waals surface area (Å²) in [5.41, 5.74) is 0. The van der Waals surface area contributed by atoms with E-state index in [-0.39, 0.29) is 79.1 Å². The van der Waals surface area contributed by atoms with Gasteiger partial charge in [-0.25, -0.2) is 0 Å². The summed E-state index contributed by atoms with van der Waals surface area (Å²) in [6.07, 6.45) is 0. The van der Waals surface area contributed by atoms with Crippen LogP contribution in [0.15, 0.2) is 0 Å². The first-order valence-electron chi connectivity index (χ1n) is 0. The van der Waals surface area contributed by atoms with Crippen molar-refractivity contribution in [2.45, 2.75) is 0 Å². The Morgan fingerprint density at radius 3 is 0.600 bits per heavy atom. The van der Waals surface area contributed by atoms with Crippen molar-refractivity contribution >= 4 is 37.2 Å². The molecule has 0 aliphatic rings. The Morgan fingerprint density at radius 2 is 0.600 bits per heavy atom. The molecule has 0 aromatic rings. The Morgan fingerprint density at radius 1 is 0.600 bits per heavy atom. The van der Waals surface area contributed by atoms with Gasteiger partial charge in [0.15, 0.2) is 0 Å². The first-order chi connectivity index (χ1) is 0. The van der Waals surface area contributed by atoms with Crippen LogP contribution >= 0.6 is 37.2 Å². The van der Waals surface area contributed by atoms with E-state index >= 15 is 0 Å². The van der Waals surface area contributed by atoms with Crippen molar-refractivity contribution in [2.75, 3.05) is 0 Å². The monoisotopic (exact) mass is 318 g/mol. The zero-order valence-corrected chi connectivity index (χ0v) is 7.43. The Balaban J connectivity index is 0. The maximum atomic E-state index is 0. The third kappa shape index (κ3) is 22.4. The van der Waals surface area contributed by atoms with Gasteiger partial charge in [0.25, 0.3) is 0 Å². The SMILES string of the molecule is Cl.Cl.Cl.[Ag].[Rh]. The molecule has 5 heteroatoms. The molecule has 0 aromatic carbocycles. The molecule has 0 heterocycles. The molecule has 0 nitrogen and oxygen atoms in total. The van der Waals surface area contributed by atoms with Crippen LogP contribution in [-0.2, 0) is 41.9 Å². The van der Waals surface area contributed by atoms with Crippen LogP contribution in [0.2, 0.25) is 0 Å². The van der Waals surface area contributed by atoms with Crippen molar-refractivity contribution in [1.82, 2.24) is 0 Å². The number of hydrogen-bond acceptors (Lipinski definition) is 0. The van der Waals surface area contributed by atoms with E-state index < -0.39 is 0 Å². The van der Waals surface area contributed by atoms with Crippen molar-refractivity contribution in [3.05, 3.63) is 0 Å². The van der Waals surface area contributed by atoms with Crippen molar-refractivity contribution in [3.63, 3.8) is 0 Å². The molecule has 0 N–H and O–H groups in total. The van der Waals surface area contributed by atoms with Gasteiger partial charge >= 0.3 is 0 Å². The van der Waals surface area contributed by atoms with Crippen LogP contribution in [0.3, 0.4) is 0 Å². The number of rotatable bonds is 0. The van der Waals surface area contributed by atoms with E-state index in [1.165, 1.54) is 0 Å². The minimum atomic E-state index is 0. The molecular formula is H3AgCl3Rh. The minimum absolute atomic E-state index is 0. The molecule has 0 unspecified atom stereocenters. The smallest absolute Gasteiger partial charge is 0 e. The third-order valence-electron chi connectivity index (χ3n) is 0. The van der Waals surface area contributed by atoms with E-state index in [9.17, 15) is 0 Å². The van der Waals surface area contributed by atoms with Crippen LogP contribution in [0.25, 0.3) is 0 Å². The molecule has 0 fully saturated rings. The van der Waals surface area contributed by atoms with Gasteiger partial charge in [-0.15, -0.1) is 37.2 Å². The summed E-state index contributed by atoms with van der Waals surface area (Å²) in [7, 11) is 0. The molecule has 0 spiro atoms. The Hall–Kier alpha value is 2.23. The second-order valence-electron chi connectivity index (χ2n) is 0.